The highest BCUT2D eigenvalue weighted by atomic mass is 16.3. The summed E-state index contributed by atoms with van der Waals surface area (Å²) in [5.74, 6) is 0.279. The number of para-hydroxylation sites is 1. The number of phenols is 1. The predicted molar refractivity (Wildman–Crippen MR) is 67.9 cm³/mol. The fourth-order valence-corrected chi connectivity index (χ4v) is 1.94. The molecule has 0 aliphatic heterocycles. The summed E-state index contributed by atoms with van der Waals surface area (Å²) in [4.78, 5) is 4.33. The lowest BCUT2D eigenvalue weighted by molar-refractivity contribution is 0.451. The van der Waals surface area contributed by atoms with Gasteiger partial charge in [-0.25, -0.2) is 0 Å². The van der Waals surface area contributed by atoms with Gasteiger partial charge in [-0.15, -0.1) is 0 Å². The van der Waals surface area contributed by atoms with Gasteiger partial charge in [0.25, 0.3) is 0 Å². The van der Waals surface area contributed by atoms with E-state index in [9.17, 15) is 5.11 Å². The van der Waals surface area contributed by atoms with Crippen LogP contribution in [0, 0.1) is 6.92 Å². The summed E-state index contributed by atoms with van der Waals surface area (Å²) in [5, 5.41) is 9.92. The zero-order valence-corrected chi connectivity index (χ0v) is 10.0. The highest BCUT2D eigenvalue weighted by Crippen LogP contribution is 2.35. The highest BCUT2D eigenvalue weighted by Gasteiger charge is 2.27. The van der Waals surface area contributed by atoms with Gasteiger partial charge in [0.2, 0.25) is 0 Å². The van der Waals surface area contributed by atoms with Crippen molar-refractivity contribution in [3.63, 3.8) is 0 Å². The van der Waals surface area contributed by atoms with Crippen LogP contribution in [0.1, 0.15) is 30.8 Å². The molecule has 0 aliphatic rings. The standard InChI is InChI=1S/C15H15NO/c1-11-7-6-10-14(16-11)15(2,3)12-8-4-5-9-13(12)17/h1,4-10,17H,2-3H3. The topological polar surface area (TPSA) is 33.1 Å². The number of aromatic hydroxyl groups is 1. The molecule has 17 heavy (non-hydrogen) atoms. The molecule has 0 spiro atoms. The molecule has 2 heteroatoms. The van der Waals surface area contributed by atoms with Gasteiger partial charge in [0.1, 0.15) is 5.75 Å². The van der Waals surface area contributed by atoms with Crippen molar-refractivity contribution in [2.45, 2.75) is 19.3 Å². The molecular weight excluding hydrogens is 210 g/mol. The van der Waals surface area contributed by atoms with Gasteiger partial charge in [-0.05, 0) is 18.2 Å². The SMILES string of the molecule is [CH]c1cccc(C(C)(C)c2ccccc2O)n1. The molecule has 86 valence electrons. The second kappa shape index (κ2) is 4.21. The average Bonchev–Trinajstić information content (AvgIpc) is 2.29. The molecule has 1 heterocycles. The van der Waals surface area contributed by atoms with E-state index in [-0.39, 0.29) is 11.2 Å². The normalized spacial score (nSPS) is 11.5. The number of phenolic OH excluding ortho intramolecular Hbond substituents is 1. The molecule has 2 nitrogen and oxygen atoms in total. The van der Waals surface area contributed by atoms with Gasteiger partial charge in [0.15, 0.2) is 0 Å². The molecular formula is C15H15NO. The molecule has 0 bridgehead atoms. The first-order valence-corrected chi connectivity index (χ1v) is 5.53. The van der Waals surface area contributed by atoms with Crippen LogP contribution in [0.4, 0.5) is 0 Å². The lowest BCUT2D eigenvalue weighted by atomic mass is 9.80. The molecule has 0 saturated heterocycles. The number of rotatable bonds is 2. The Morgan fingerprint density at radius 3 is 2.41 bits per heavy atom. The van der Waals surface area contributed by atoms with Crippen LogP contribution in [-0.4, -0.2) is 10.1 Å². The largest absolute Gasteiger partial charge is 0.508 e. The summed E-state index contributed by atoms with van der Waals surface area (Å²) in [5.41, 5.74) is 1.81. The van der Waals surface area contributed by atoms with Gasteiger partial charge in [-0.3, -0.25) is 4.98 Å². The average molecular weight is 225 g/mol. The third-order valence-corrected chi connectivity index (χ3v) is 2.99. The van der Waals surface area contributed by atoms with Crippen LogP contribution < -0.4 is 0 Å². The molecule has 2 aromatic rings. The zero-order valence-electron chi connectivity index (χ0n) is 10.0. The van der Waals surface area contributed by atoms with E-state index < -0.39 is 0 Å². The third-order valence-electron chi connectivity index (χ3n) is 2.99. The van der Waals surface area contributed by atoms with Crippen LogP contribution in [0.5, 0.6) is 5.75 Å². The number of nitrogens with zero attached hydrogens (tertiary/aromatic N) is 1. The van der Waals surface area contributed by atoms with Crippen molar-refractivity contribution >= 4 is 0 Å². The summed E-state index contributed by atoms with van der Waals surface area (Å²) < 4.78 is 0. The second-order valence-electron chi connectivity index (χ2n) is 4.59. The Morgan fingerprint density at radius 1 is 1.06 bits per heavy atom. The summed E-state index contributed by atoms with van der Waals surface area (Å²) in [7, 11) is 0. The minimum absolute atomic E-state index is 0.279. The van der Waals surface area contributed by atoms with Gasteiger partial charge in [0.05, 0.1) is 5.69 Å². The molecule has 0 atom stereocenters. The molecule has 1 aromatic carbocycles. The van der Waals surface area contributed by atoms with E-state index in [1.54, 1.807) is 12.1 Å². The van der Waals surface area contributed by atoms with Crippen LogP contribution in [-0.2, 0) is 5.41 Å². The second-order valence-corrected chi connectivity index (χ2v) is 4.59. The molecule has 0 amide bonds. The predicted octanol–water partition coefficient (Wildman–Crippen LogP) is 3.17. The highest BCUT2D eigenvalue weighted by molar-refractivity contribution is 5.43. The number of hydrogen-bond donors (Lipinski definition) is 1. The molecule has 0 fully saturated rings. The van der Waals surface area contributed by atoms with Gasteiger partial charge < -0.3 is 5.11 Å². The molecule has 2 rings (SSSR count). The first-order chi connectivity index (χ1) is 8.01. The van der Waals surface area contributed by atoms with E-state index in [0.29, 0.717) is 5.69 Å². The molecule has 2 radical (unpaired) electrons. The lowest BCUT2D eigenvalue weighted by Crippen LogP contribution is -2.20. The Morgan fingerprint density at radius 2 is 1.76 bits per heavy atom. The summed E-state index contributed by atoms with van der Waals surface area (Å²) in [6, 6.07) is 12.8. The van der Waals surface area contributed by atoms with Crippen LogP contribution in [0.25, 0.3) is 0 Å². The van der Waals surface area contributed by atoms with Crippen LogP contribution in [0.2, 0.25) is 0 Å². The van der Waals surface area contributed by atoms with Gasteiger partial charge in [0, 0.05) is 23.6 Å². The number of aromatic nitrogens is 1. The van der Waals surface area contributed by atoms with Crippen molar-refractivity contribution in [3.05, 3.63) is 66.3 Å². The molecule has 1 N–H and O–H groups in total. The van der Waals surface area contributed by atoms with Crippen molar-refractivity contribution in [1.29, 1.82) is 0 Å². The zero-order chi connectivity index (χ0) is 12.5. The van der Waals surface area contributed by atoms with Gasteiger partial charge in [-0.2, -0.15) is 0 Å². The first kappa shape index (κ1) is 11.6. The Labute approximate surface area is 102 Å². The minimum atomic E-state index is -0.374. The van der Waals surface area contributed by atoms with Gasteiger partial charge in [-0.1, -0.05) is 38.1 Å². The third kappa shape index (κ3) is 2.16. The van der Waals surface area contributed by atoms with Crippen LogP contribution in [0.3, 0.4) is 0 Å². The number of benzene rings is 1. The molecule has 1 aromatic heterocycles. The number of hydrogen-bond acceptors (Lipinski definition) is 2. The maximum atomic E-state index is 9.92. The number of pyridine rings is 1. The lowest BCUT2D eigenvalue weighted by Gasteiger charge is -2.25. The van der Waals surface area contributed by atoms with Crippen molar-refractivity contribution in [3.8, 4) is 5.75 Å². The van der Waals surface area contributed by atoms with Crippen LogP contribution >= 0.6 is 0 Å². The summed E-state index contributed by atoms with van der Waals surface area (Å²) in [6.45, 7) is 9.73. The molecule has 0 aliphatic carbocycles. The van der Waals surface area contributed by atoms with E-state index in [0.717, 1.165) is 11.3 Å². The summed E-state index contributed by atoms with van der Waals surface area (Å²) >= 11 is 0. The van der Waals surface area contributed by atoms with Gasteiger partial charge >= 0.3 is 0 Å². The first-order valence-electron chi connectivity index (χ1n) is 5.53. The Kier molecular flexibility index (Phi) is 2.88. The maximum absolute atomic E-state index is 9.92. The summed E-state index contributed by atoms with van der Waals surface area (Å²) in [6.07, 6.45) is 0. The quantitative estimate of drug-likeness (QED) is 0.851. The van der Waals surface area contributed by atoms with Crippen molar-refractivity contribution in [1.82, 2.24) is 4.98 Å². The van der Waals surface area contributed by atoms with E-state index in [2.05, 4.69) is 4.98 Å². The van der Waals surface area contributed by atoms with E-state index >= 15 is 0 Å². The van der Waals surface area contributed by atoms with Crippen molar-refractivity contribution < 1.29 is 5.11 Å². The monoisotopic (exact) mass is 225 g/mol. The molecule has 0 saturated carbocycles. The van der Waals surface area contributed by atoms with E-state index in [1.165, 1.54) is 0 Å². The van der Waals surface area contributed by atoms with Crippen molar-refractivity contribution in [2.75, 3.05) is 0 Å². The minimum Gasteiger partial charge on any atom is -0.508 e. The van der Waals surface area contributed by atoms with E-state index in [1.807, 2.05) is 44.2 Å². The fraction of sp³-hybridized carbons (Fsp3) is 0.200. The maximum Gasteiger partial charge on any atom is 0.119 e. The van der Waals surface area contributed by atoms with Crippen molar-refractivity contribution in [2.24, 2.45) is 0 Å². The van der Waals surface area contributed by atoms with E-state index in [4.69, 9.17) is 6.92 Å². The smallest absolute Gasteiger partial charge is 0.119 e. The fourth-order valence-electron chi connectivity index (χ4n) is 1.94. The van der Waals surface area contributed by atoms with Crippen LogP contribution in [0.15, 0.2) is 42.5 Å². The Hall–Kier alpha value is -1.83. The molecule has 0 unspecified atom stereocenters. The Bertz CT molecular complexity index is 532. The Balaban J connectivity index is 2.53.